The lowest BCUT2D eigenvalue weighted by molar-refractivity contribution is 0.340. The van der Waals surface area contributed by atoms with Gasteiger partial charge in [0.2, 0.25) is 0 Å². The van der Waals surface area contributed by atoms with Crippen molar-refractivity contribution in [3.8, 4) is 5.75 Å². The Kier molecular flexibility index (Phi) is 5.20. The number of nitrogen functional groups attached to an aromatic ring is 1. The first-order chi connectivity index (χ1) is 12.2. The fourth-order valence-corrected chi connectivity index (χ4v) is 2.43. The molecule has 3 rings (SSSR count). The van der Waals surface area contributed by atoms with Crippen LogP contribution in [-0.2, 0) is 0 Å². The average molecular weight is 356 g/mol. The number of nitrogens with zero attached hydrogens (tertiary/aromatic N) is 2. The quantitative estimate of drug-likeness (QED) is 0.599. The van der Waals surface area contributed by atoms with E-state index in [4.69, 9.17) is 22.1 Å². The molecule has 0 bridgehead atoms. The molecule has 25 heavy (non-hydrogen) atoms. The van der Waals surface area contributed by atoms with Crippen molar-refractivity contribution in [3.63, 3.8) is 0 Å². The van der Waals surface area contributed by atoms with Gasteiger partial charge in [0.05, 0.1) is 6.61 Å². The lowest BCUT2D eigenvalue weighted by Crippen LogP contribution is -2.05. The van der Waals surface area contributed by atoms with Gasteiger partial charge in [-0.1, -0.05) is 17.7 Å². The molecule has 0 aliphatic carbocycles. The first-order valence-electron chi connectivity index (χ1n) is 7.78. The summed E-state index contributed by atoms with van der Waals surface area (Å²) in [5.74, 6) is 1.83. The molecule has 6 nitrogen and oxygen atoms in total. The van der Waals surface area contributed by atoms with Crippen LogP contribution in [0.25, 0.3) is 0 Å². The highest BCUT2D eigenvalue weighted by molar-refractivity contribution is 6.30. The van der Waals surface area contributed by atoms with E-state index in [1.54, 1.807) is 12.1 Å². The van der Waals surface area contributed by atoms with Gasteiger partial charge in [0.25, 0.3) is 0 Å². The van der Waals surface area contributed by atoms with Crippen LogP contribution in [0.1, 0.15) is 6.92 Å². The molecule has 0 aliphatic heterocycles. The first-order valence-corrected chi connectivity index (χ1v) is 8.16. The Bertz CT molecular complexity index is 854. The highest BCUT2D eigenvalue weighted by Crippen LogP contribution is 2.29. The predicted octanol–water partition coefficient (Wildman–Crippen LogP) is 4.60. The van der Waals surface area contributed by atoms with Crippen LogP contribution < -0.4 is 21.1 Å². The lowest BCUT2D eigenvalue weighted by Gasteiger charge is -2.13. The number of nitrogens with two attached hydrogens (primary N) is 1. The number of hydrogen-bond acceptors (Lipinski definition) is 6. The molecule has 1 heterocycles. The monoisotopic (exact) mass is 355 g/mol. The maximum absolute atomic E-state index is 6.19. The number of rotatable bonds is 6. The summed E-state index contributed by atoms with van der Waals surface area (Å²) >= 11 is 6.00. The van der Waals surface area contributed by atoms with Gasteiger partial charge in [0.15, 0.2) is 11.6 Å². The summed E-state index contributed by atoms with van der Waals surface area (Å²) in [7, 11) is 0. The van der Waals surface area contributed by atoms with Crippen molar-refractivity contribution < 1.29 is 4.74 Å². The third kappa shape index (κ3) is 4.30. The average Bonchev–Trinajstić information content (AvgIpc) is 2.60. The molecule has 4 N–H and O–H groups in total. The van der Waals surface area contributed by atoms with Crippen LogP contribution in [0.2, 0.25) is 5.02 Å². The van der Waals surface area contributed by atoms with Crippen molar-refractivity contribution in [2.24, 2.45) is 0 Å². The minimum absolute atomic E-state index is 0.413. The van der Waals surface area contributed by atoms with Crippen LogP contribution in [0.5, 0.6) is 5.75 Å². The lowest BCUT2D eigenvalue weighted by atomic mass is 10.3. The summed E-state index contributed by atoms with van der Waals surface area (Å²) in [5, 5.41) is 6.96. The molecule has 0 saturated heterocycles. The van der Waals surface area contributed by atoms with E-state index < -0.39 is 0 Å². The molecule has 1 aromatic heterocycles. The Hall–Kier alpha value is -2.99. The molecule has 0 fully saturated rings. The Labute approximate surface area is 151 Å². The van der Waals surface area contributed by atoms with Crippen LogP contribution in [-0.4, -0.2) is 16.6 Å². The molecular weight excluding hydrogens is 338 g/mol. The van der Waals surface area contributed by atoms with Gasteiger partial charge in [-0.05, 0) is 49.4 Å². The van der Waals surface area contributed by atoms with E-state index >= 15 is 0 Å². The topological polar surface area (TPSA) is 85.1 Å². The van der Waals surface area contributed by atoms with E-state index in [0.717, 1.165) is 17.1 Å². The van der Waals surface area contributed by atoms with Crippen molar-refractivity contribution in [2.75, 3.05) is 23.0 Å². The summed E-state index contributed by atoms with van der Waals surface area (Å²) in [6.07, 6.45) is 1.44. The fourth-order valence-electron chi connectivity index (χ4n) is 2.24. The van der Waals surface area contributed by atoms with Crippen LogP contribution in [0.4, 0.5) is 28.7 Å². The van der Waals surface area contributed by atoms with Gasteiger partial charge in [0.1, 0.15) is 17.8 Å². The summed E-state index contributed by atoms with van der Waals surface area (Å²) in [6, 6.07) is 14.9. The summed E-state index contributed by atoms with van der Waals surface area (Å²) in [4.78, 5) is 8.40. The molecule has 7 heteroatoms. The Morgan fingerprint density at radius 3 is 2.32 bits per heavy atom. The van der Waals surface area contributed by atoms with Crippen molar-refractivity contribution >= 4 is 40.3 Å². The van der Waals surface area contributed by atoms with Gasteiger partial charge in [-0.15, -0.1) is 0 Å². The van der Waals surface area contributed by atoms with E-state index in [9.17, 15) is 0 Å². The zero-order valence-electron chi connectivity index (χ0n) is 13.7. The number of anilines is 5. The number of aromatic nitrogens is 2. The second kappa shape index (κ2) is 7.72. The molecule has 0 amide bonds. The van der Waals surface area contributed by atoms with Crippen LogP contribution in [0.3, 0.4) is 0 Å². The van der Waals surface area contributed by atoms with Gasteiger partial charge in [-0.25, -0.2) is 9.97 Å². The third-order valence-electron chi connectivity index (χ3n) is 3.40. The number of halogens is 1. The smallest absolute Gasteiger partial charge is 0.159 e. The summed E-state index contributed by atoms with van der Waals surface area (Å²) in [6.45, 7) is 2.58. The molecule has 128 valence electrons. The van der Waals surface area contributed by atoms with Crippen molar-refractivity contribution in [2.45, 2.75) is 6.92 Å². The fraction of sp³-hybridized carbons (Fsp3) is 0.111. The normalized spacial score (nSPS) is 10.3. The zero-order chi connectivity index (χ0) is 17.6. The third-order valence-corrected chi connectivity index (χ3v) is 3.63. The SMILES string of the molecule is CCOc1ccc(Nc2ncnc(Nc3cccc(Cl)c3)c2N)cc1. The number of hydrogen-bond donors (Lipinski definition) is 3. The Morgan fingerprint density at radius 2 is 1.68 bits per heavy atom. The van der Waals surface area contributed by atoms with Crippen molar-refractivity contribution in [1.29, 1.82) is 0 Å². The van der Waals surface area contributed by atoms with Gasteiger partial charge in [-0.3, -0.25) is 0 Å². The van der Waals surface area contributed by atoms with E-state index in [1.165, 1.54) is 6.33 Å². The maximum Gasteiger partial charge on any atom is 0.159 e. The maximum atomic E-state index is 6.19. The van der Waals surface area contributed by atoms with E-state index in [0.29, 0.717) is 29.0 Å². The highest BCUT2D eigenvalue weighted by Gasteiger charge is 2.09. The Morgan fingerprint density at radius 1 is 1.00 bits per heavy atom. The van der Waals surface area contributed by atoms with E-state index in [2.05, 4.69) is 20.6 Å². The number of ether oxygens (including phenoxy) is 1. The molecule has 0 saturated carbocycles. The van der Waals surface area contributed by atoms with Gasteiger partial charge >= 0.3 is 0 Å². The van der Waals surface area contributed by atoms with Crippen molar-refractivity contribution in [1.82, 2.24) is 9.97 Å². The minimum Gasteiger partial charge on any atom is -0.494 e. The standard InChI is InChI=1S/C18H18ClN5O/c1-2-25-15-8-6-13(7-9-15)23-17-16(20)18(22-11-21-17)24-14-5-3-4-12(19)10-14/h3-11H,2,20H2,1H3,(H2,21,22,23,24). The second-order valence-corrected chi connectivity index (χ2v) is 5.64. The molecule has 0 unspecified atom stereocenters. The minimum atomic E-state index is 0.413. The predicted molar refractivity (Wildman–Crippen MR) is 102 cm³/mol. The second-order valence-electron chi connectivity index (χ2n) is 5.20. The van der Waals surface area contributed by atoms with Gasteiger partial charge in [-0.2, -0.15) is 0 Å². The number of nitrogens with one attached hydrogen (secondary N) is 2. The summed E-state index contributed by atoms with van der Waals surface area (Å²) in [5.41, 5.74) is 8.25. The van der Waals surface area contributed by atoms with Crippen LogP contribution in [0, 0.1) is 0 Å². The highest BCUT2D eigenvalue weighted by atomic mass is 35.5. The zero-order valence-corrected chi connectivity index (χ0v) is 14.4. The van der Waals surface area contributed by atoms with Crippen LogP contribution in [0.15, 0.2) is 54.9 Å². The van der Waals surface area contributed by atoms with Crippen molar-refractivity contribution in [3.05, 3.63) is 59.9 Å². The molecule has 0 atom stereocenters. The molecule has 2 aromatic carbocycles. The number of benzene rings is 2. The van der Waals surface area contributed by atoms with E-state index in [-0.39, 0.29) is 0 Å². The molecular formula is C18H18ClN5O. The Balaban J connectivity index is 1.78. The van der Waals surface area contributed by atoms with E-state index in [1.807, 2.05) is 43.3 Å². The summed E-state index contributed by atoms with van der Waals surface area (Å²) < 4.78 is 5.43. The largest absolute Gasteiger partial charge is 0.494 e. The van der Waals surface area contributed by atoms with Gasteiger partial charge < -0.3 is 21.1 Å². The molecule has 0 radical (unpaired) electrons. The molecule has 3 aromatic rings. The van der Waals surface area contributed by atoms with Crippen LogP contribution >= 0.6 is 11.6 Å². The molecule has 0 aliphatic rings. The van der Waals surface area contributed by atoms with Gasteiger partial charge in [0, 0.05) is 16.4 Å². The molecule has 0 spiro atoms. The first kappa shape index (κ1) is 16.9.